The molecule has 9 nitrogen and oxygen atoms in total. The predicted molar refractivity (Wildman–Crippen MR) is 108 cm³/mol. The van der Waals surface area contributed by atoms with Gasteiger partial charge in [-0.05, 0) is 31.0 Å². The Kier molecular flexibility index (Phi) is 4.79. The fraction of sp³-hybridized carbons (Fsp3) is 0.211. The smallest absolute Gasteiger partial charge is 0.294 e. The van der Waals surface area contributed by atoms with E-state index in [4.69, 9.17) is 10.5 Å². The average Bonchev–Trinajstić information content (AvgIpc) is 3.11. The number of aromatic nitrogens is 4. The van der Waals surface area contributed by atoms with Crippen LogP contribution in [0.15, 0.2) is 35.2 Å². The molecule has 0 unspecified atom stereocenters. The van der Waals surface area contributed by atoms with Crippen LogP contribution in [0, 0.1) is 12.7 Å². The van der Waals surface area contributed by atoms with Crippen molar-refractivity contribution in [3.63, 3.8) is 0 Å². The van der Waals surface area contributed by atoms with E-state index in [1.807, 2.05) is 6.92 Å². The van der Waals surface area contributed by atoms with E-state index in [1.54, 1.807) is 12.1 Å². The summed E-state index contributed by atoms with van der Waals surface area (Å²) in [5.74, 6) is -0.0923. The van der Waals surface area contributed by atoms with Crippen molar-refractivity contribution in [2.24, 2.45) is 0 Å². The first-order chi connectivity index (χ1) is 14.2. The van der Waals surface area contributed by atoms with Crippen molar-refractivity contribution in [1.82, 2.24) is 19.6 Å². The van der Waals surface area contributed by atoms with Gasteiger partial charge in [-0.2, -0.15) is 12.9 Å². The highest BCUT2D eigenvalue weighted by Crippen LogP contribution is 2.27. The maximum absolute atomic E-state index is 14.2. The third kappa shape index (κ3) is 3.53. The van der Waals surface area contributed by atoms with Gasteiger partial charge in [0.1, 0.15) is 0 Å². The number of ether oxygens (including phenoxy) is 1. The standard InChI is InChI=1S/C19H18FN5O4S/c1-10-3-5-16(30(26,27)28)11(7-10)4-6-17-23-18-12-8-13(20)15(29-2)9-14(12)22-19(21)25(18)24-17/h3,5,7-9H,4,6H2,1-2H3,(H2,21,22)(H,26,27,28). The molecular formula is C19H18FN5O4S. The first-order valence-corrected chi connectivity index (χ1v) is 10.4. The quantitative estimate of drug-likeness (QED) is 0.460. The highest BCUT2D eigenvalue weighted by Gasteiger charge is 2.18. The second kappa shape index (κ2) is 7.18. The Bertz CT molecular complexity index is 1400. The number of nitrogens with zero attached hydrogens (tertiary/aromatic N) is 4. The summed E-state index contributed by atoms with van der Waals surface area (Å²) in [4.78, 5) is 8.51. The zero-order chi connectivity index (χ0) is 21.6. The van der Waals surface area contributed by atoms with Crippen molar-refractivity contribution in [2.75, 3.05) is 12.8 Å². The summed E-state index contributed by atoms with van der Waals surface area (Å²) in [6, 6.07) is 7.34. The maximum atomic E-state index is 14.2. The zero-order valence-electron chi connectivity index (χ0n) is 16.1. The summed E-state index contributed by atoms with van der Waals surface area (Å²) in [7, 11) is -3.00. The molecule has 0 saturated carbocycles. The second-order valence-electron chi connectivity index (χ2n) is 6.82. The van der Waals surface area contributed by atoms with Crippen molar-refractivity contribution in [1.29, 1.82) is 0 Å². The summed E-state index contributed by atoms with van der Waals surface area (Å²) in [5, 5.41) is 4.73. The van der Waals surface area contributed by atoms with Crippen molar-refractivity contribution in [3.8, 4) is 5.75 Å². The number of hydrogen-bond acceptors (Lipinski definition) is 7. The van der Waals surface area contributed by atoms with Gasteiger partial charge in [-0.1, -0.05) is 17.7 Å². The first-order valence-electron chi connectivity index (χ1n) is 8.93. The Morgan fingerprint density at radius 1 is 1.20 bits per heavy atom. The summed E-state index contributed by atoms with van der Waals surface area (Å²) in [5.41, 5.74) is 8.01. The first kappa shape index (κ1) is 20.0. The van der Waals surface area contributed by atoms with Crippen LogP contribution in [0.2, 0.25) is 0 Å². The molecule has 4 rings (SSSR count). The normalized spacial score (nSPS) is 12.0. The van der Waals surface area contributed by atoms with E-state index in [0.29, 0.717) is 27.9 Å². The predicted octanol–water partition coefficient (Wildman–Crippen LogP) is 2.35. The number of benzene rings is 2. The molecule has 0 spiro atoms. The molecule has 30 heavy (non-hydrogen) atoms. The van der Waals surface area contributed by atoms with Gasteiger partial charge in [-0.15, -0.1) is 5.10 Å². The summed E-state index contributed by atoms with van der Waals surface area (Å²) < 4.78 is 53.2. The van der Waals surface area contributed by atoms with Gasteiger partial charge in [-0.3, -0.25) is 4.55 Å². The topological polar surface area (TPSA) is 133 Å². The number of methoxy groups -OCH3 is 1. The molecule has 2 aromatic carbocycles. The van der Waals surface area contributed by atoms with Crippen LogP contribution in [0.25, 0.3) is 16.6 Å². The number of fused-ring (bicyclic) bond motifs is 3. The van der Waals surface area contributed by atoms with Crippen LogP contribution in [0.3, 0.4) is 0 Å². The van der Waals surface area contributed by atoms with Gasteiger partial charge >= 0.3 is 0 Å². The summed E-state index contributed by atoms with van der Waals surface area (Å²) in [6.45, 7) is 1.82. The van der Waals surface area contributed by atoms with Crippen molar-refractivity contribution >= 4 is 32.6 Å². The van der Waals surface area contributed by atoms with Gasteiger partial charge in [0.15, 0.2) is 23.0 Å². The molecule has 0 aliphatic heterocycles. The van der Waals surface area contributed by atoms with E-state index < -0.39 is 15.9 Å². The van der Waals surface area contributed by atoms with Gasteiger partial charge < -0.3 is 10.5 Å². The number of aryl methyl sites for hydroxylation is 3. The van der Waals surface area contributed by atoms with E-state index in [1.165, 1.54) is 29.8 Å². The summed E-state index contributed by atoms with van der Waals surface area (Å²) in [6.07, 6.45) is 0.536. The van der Waals surface area contributed by atoms with E-state index in [-0.39, 0.29) is 29.4 Å². The Balaban J connectivity index is 1.75. The van der Waals surface area contributed by atoms with E-state index in [0.717, 1.165) is 5.56 Å². The third-order valence-electron chi connectivity index (χ3n) is 4.73. The molecule has 0 aliphatic carbocycles. The highest BCUT2D eigenvalue weighted by atomic mass is 32.2. The third-order valence-corrected chi connectivity index (χ3v) is 5.68. The fourth-order valence-corrected chi connectivity index (χ4v) is 4.07. The molecule has 0 amide bonds. The monoisotopic (exact) mass is 431 g/mol. The molecule has 0 radical (unpaired) electrons. The van der Waals surface area contributed by atoms with Gasteiger partial charge in [0.05, 0.1) is 17.5 Å². The van der Waals surface area contributed by atoms with Crippen LogP contribution in [-0.4, -0.2) is 39.7 Å². The molecule has 2 heterocycles. The minimum Gasteiger partial charge on any atom is -0.494 e. The Hall–Kier alpha value is -3.31. The van der Waals surface area contributed by atoms with Gasteiger partial charge in [-0.25, -0.2) is 14.4 Å². The molecular weight excluding hydrogens is 413 g/mol. The Labute approximate surface area is 171 Å². The molecule has 0 fully saturated rings. The lowest BCUT2D eigenvalue weighted by molar-refractivity contribution is 0.387. The van der Waals surface area contributed by atoms with E-state index in [9.17, 15) is 17.4 Å². The van der Waals surface area contributed by atoms with Crippen LogP contribution >= 0.6 is 0 Å². The Morgan fingerprint density at radius 3 is 2.67 bits per heavy atom. The van der Waals surface area contributed by atoms with Crippen molar-refractivity contribution in [3.05, 3.63) is 53.1 Å². The summed E-state index contributed by atoms with van der Waals surface area (Å²) >= 11 is 0. The molecule has 156 valence electrons. The molecule has 0 aliphatic rings. The lowest BCUT2D eigenvalue weighted by atomic mass is 10.1. The molecule has 0 bridgehead atoms. The number of rotatable bonds is 5. The molecule has 4 aromatic rings. The Morgan fingerprint density at radius 2 is 1.97 bits per heavy atom. The fourth-order valence-electron chi connectivity index (χ4n) is 3.34. The van der Waals surface area contributed by atoms with Crippen LogP contribution in [0.4, 0.5) is 10.3 Å². The average molecular weight is 431 g/mol. The second-order valence-corrected chi connectivity index (χ2v) is 8.21. The molecule has 0 atom stereocenters. The van der Waals surface area contributed by atoms with Crippen LogP contribution in [-0.2, 0) is 23.0 Å². The molecule has 2 aromatic heterocycles. The number of hydrogen-bond donors (Lipinski definition) is 2. The van der Waals surface area contributed by atoms with E-state index in [2.05, 4.69) is 15.1 Å². The largest absolute Gasteiger partial charge is 0.494 e. The molecule has 3 N–H and O–H groups in total. The highest BCUT2D eigenvalue weighted by molar-refractivity contribution is 7.85. The van der Waals surface area contributed by atoms with E-state index >= 15 is 0 Å². The molecule has 0 saturated heterocycles. The number of anilines is 1. The number of nitrogens with two attached hydrogens (primary N) is 1. The zero-order valence-corrected chi connectivity index (χ0v) is 16.9. The SMILES string of the molecule is COc1cc2nc(N)n3nc(CCc4cc(C)ccc4S(=O)(=O)O)nc3c2cc1F. The lowest BCUT2D eigenvalue weighted by Crippen LogP contribution is -2.06. The minimum absolute atomic E-state index is 0.0377. The van der Waals surface area contributed by atoms with Crippen LogP contribution in [0.1, 0.15) is 17.0 Å². The maximum Gasteiger partial charge on any atom is 0.294 e. The van der Waals surface area contributed by atoms with Gasteiger partial charge in [0.2, 0.25) is 5.95 Å². The van der Waals surface area contributed by atoms with Gasteiger partial charge in [0, 0.05) is 17.9 Å². The number of halogens is 1. The van der Waals surface area contributed by atoms with Crippen LogP contribution in [0.5, 0.6) is 5.75 Å². The molecule has 11 heteroatoms. The minimum atomic E-state index is -4.36. The lowest BCUT2D eigenvalue weighted by Gasteiger charge is -2.07. The van der Waals surface area contributed by atoms with Crippen molar-refractivity contribution in [2.45, 2.75) is 24.7 Å². The van der Waals surface area contributed by atoms with Crippen LogP contribution < -0.4 is 10.5 Å². The van der Waals surface area contributed by atoms with Gasteiger partial charge in [0.25, 0.3) is 10.1 Å². The number of nitrogen functional groups attached to an aromatic ring is 1. The van der Waals surface area contributed by atoms with Crippen molar-refractivity contribution < 1.29 is 22.1 Å².